The molecule has 20 heavy (non-hydrogen) atoms. The van der Waals surface area contributed by atoms with Gasteiger partial charge in [-0.25, -0.2) is 4.72 Å². The maximum atomic E-state index is 12.2. The van der Waals surface area contributed by atoms with E-state index in [1.165, 1.54) is 17.1 Å². The molecule has 0 unspecified atom stereocenters. The second-order valence-corrected chi connectivity index (χ2v) is 8.11. The molecule has 0 aromatic carbocycles. The fourth-order valence-corrected chi connectivity index (χ4v) is 4.51. The molecule has 1 aliphatic heterocycles. The third-order valence-electron chi connectivity index (χ3n) is 4.64. The van der Waals surface area contributed by atoms with Gasteiger partial charge >= 0.3 is 5.97 Å². The van der Waals surface area contributed by atoms with Crippen molar-refractivity contribution in [1.82, 2.24) is 9.03 Å². The van der Waals surface area contributed by atoms with E-state index in [0.29, 0.717) is 32.5 Å². The van der Waals surface area contributed by atoms with Crippen molar-refractivity contribution in [2.45, 2.75) is 45.4 Å². The summed E-state index contributed by atoms with van der Waals surface area (Å²) in [6, 6.07) is 0. The van der Waals surface area contributed by atoms with E-state index in [9.17, 15) is 13.2 Å². The molecule has 0 atom stereocenters. The van der Waals surface area contributed by atoms with Crippen LogP contribution in [0.4, 0.5) is 0 Å². The van der Waals surface area contributed by atoms with Gasteiger partial charge in [0.05, 0.1) is 5.92 Å². The second-order valence-electron chi connectivity index (χ2n) is 6.36. The number of nitrogens with zero attached hydrogens (tertiary/aromatic N) is 1. The molecule has 116 valence electrons. The normalized spacial score (nSPS) is 24.9. The van der Waals surface area contributed by atoms with E-state index >= 15 is 0 Å². The fourth-order valence-electron chi connectivity index (χ4n) is 3.11. The summed E-state index contributed by atoms with van der Waals surface area (Å²) < 4.78 is 28.5. The summed E-state index contributed by atoms with van der Waals surface area (Å²) in [5, 5.41) is 8.92. The largest absolute Gasteiger partial charge is 0.481 e. The smallest absolute Gasteiger partial charge is 0.306 e. The number of carbonyl (C=O) groups is 1. The molecule has 2 fully saturated rings. The third kappa shape index (κ3) is 3.71. The molecule has 0 aromatic heterocycles. The lowest BCUT2D eigenvalue weighted by molar-refractivity contribution is -0.142. The first-order valence-corrected chi connectivity index (χ1v) is 8.74. The zero-order chi connectivity index (χ0) is 14.8. The van der Waals surface area contributed by atoms with Crippen molar-refractivity contribution in [3.8, 4) is 0 Å². The Hall–Kier alpha value is -0.660. The SMILES string of the molecule is CC1(CNS(=O)(=O)N2CCC(C(=O)O)CC2)CCCC1. The highest BCUT2D eigenvalue weighted by molar-refractivity contribution is 7.87. The third-order valence-corrected chi connectivity index (χ3v) is 6.19. The summed E-state index contributed by atoms with van der Waals surface area (Å²) in [4.78, 5) is 10.9. The number of rotatable bonds is 5. The van der Waals surface area contributed by atoms with Gasteiger partial charge in [0.15, 0.2) is 0 Å². The van der Waals surface area contributed by atoms with E-state index < -0.39 is 22.1 Å². The molecule has 0 radical (unpaired) electrons. The van der Waals surface area contributed by atoms with Crippen molar-refractivity contribution in [2.75, 3.05) is 19.6 Å². The van der Waals surface area contributed by atoms with Crippen LogP contribution >= 0.6 is 0 Å². The second kappa shape index (κ2) is 5.99. The van der Waals surface area contributed by atoms with Crippen molar-refractivity contribution in [3.63, 3.8) is 0 Å². The van der Waals surface area contributed by atoms with Crippen molar-refractivity contribution >= 4 is 16.2 Å². The lowest BCUT2D eigenvalue weighted by Crippen LogP contribution is -2.48. The molecule has 0 aromatic rings. The van der Waals surface area contributed by atoms with Crippen LogP contribution in [0.15, 0.2) is 0 Å². The molecule has 7 heteroatoms. The molecule has 6 nitrogen and oxygen atoms in total. The maximum absolute atomic E-state index is 12.2. The van der Waals surface area contributed by atoms with Gasteiger partial charge in [0.25, 0.3) is 10.2 Å². The van der Waals surface area contributed by atoms with E-state index in [1.54, 1.807) is 0 Å². The van der Waals surface area contributed by atoms with E-state index in [0.717, 1.165) is 12.8 Å². The molecule has 0 bridgehead atoms. The Morgan fingerprint density at radius 2 is 1.85 bits per heavy atom. The molecule has 2 rings (SSSR count). The fraction of sp³-hybridized carbons (Fsp3) is 0.923. The molecular formula is C13H24N2O4S. The lowest BCUT2D eigenvalue weighted by Gasteiger charge is -2.31. The van der Waals surface area contributed by atoms with Gasteiger partial charge < -0.3 is 5.11 Å². The first-order chi connectivity index (χ1) is 9.32. The standard InChI is InChI=1S/C13H24N2O4S/c1-13(6-2-3-7-13)10-14-20(18,19)15-8-4-11(5-9-15)12(16)17/h11,14H,2-10H2,1H3,(H,16,17). The number of carboxylic acids is 1. The van der Waals surface area contributed by atoms with Crippen LogP contribution in [0.5, 0.6) is 0 Å². The van der Waals surface area contributed by atoms with Crippen molar-refractivity contribution in [3.05, 3.63) is 0 Å². The Kier molecular flexibility index (Phi) is 4.71. The topological polar surface area (TPSA) is 86.7 Å². The molecule has 0 spiro atoms. The maximum Gasteiger partial charge on any atom is 0.306 e. The minimum atomic E-state index is -3.47. The first kappa shape index (κ1) is 15.7. The highest BCUT2D eigenvalue weighted by atomic mass is 32.2. The van der Waals surface area contributed by atoms with Crippen LogP contribution in [0, 0.1) is 11.3 Å². The Labute approximate surface area is 120 Å². The predicted molar refractivity (Wildman–Crippen MR) is 75.4 cm³/mol. The van der Waals surface area contributed by atoms with Crippen LogP contribution in [-0.4, -0.2) is 43.4 Å². The van der Waals surface area contributed by atoms with Crippen LogP contribution in [0.1, 0.15) is 45.4 Å². The average Bonchev–Trinajstić information content (AvgIpc) is 2.84. The van der Waals surface area contributed by atoms with Crippen molar-refractivity contribution in [1.29, 1.82) is 0 Å². The zero-order valence-corrected chi connectivity index (χ0v) is 12.8. The Morgan fingerprint density at radius 3 is 2.35 bits per heavy atom. The Bertz CT molecular complexity index is 449. The lowest BCUT2D eigenvalue weighted by atomic mass is 9.89. The van der Waals surface area contributed by atoms with Crippen molar-refractivity contribution < 1.29 is 18.3 Å². The van der Waals surface area contributed by atoms with Gasteiger partial charge in [-0.15, -0.1) is 0 Å². The summed E-state index contributed by atoms with van der Waals surface area (Å²) in [6.45, 7) is 3.19. The zero-order valence-electron chi connectivity index (χ0n) is 12.0. The number of hydrogen-bond acceptors (Lipinski definition) is 3. The molecule has 1 heterocycles. The minimum Gasteiger partial charge on any atom is -0.481 e. The van der Waals surface area contributed by atoms with Crippen LogP contribution in [0.2, 0.25) is 0 Å². The van der Waals surface area contributed by atoms with Crippen LogP contribution in [0.3, 0.4) is 0 Å². The van der Waals surface area contributed by atoms with E-state index in [-0.39, 0.29) is 5.41 Å². The molecule has 0 amide bonds. The number of carboxylic acid groups (broad SMARTS) is 1. The van der Waals surface area contributed by atoms with Crippen LogP contribution < -0.4 is 4.72 Å². The van der Waals surface area contributed by atoms with Crippen molar-refractivity contribution in [2.24, 2.45) is 11.3 Å². The van der Waals surface area contributed by atoms with Crippen LogP contribution in [0.25, 0.3) is 0 Å². The summed E-state index contributed by atoms with van der Waals surface area (Å²) in [5.41, 5.74) is 0.0758. The van der Waals surface area contributed by atoms with Gasteiger partial charge in [0, 0.05) is 19.6 Å². The summed E-state index contributed by atoms with van der Waals surface area (Å²) in [7, 11) is -3.47. The first-order valence-electron chi connectivity index (χ1n) is 7.30. The highest BCUT2D eigenvalue weighted by Crippen LogP contribution is 2.36. The average molecular weight is 304 g/mol. The highest BCUT2D eigenvalue weighted by Gasteiger charge is 2.34. The molecule has 1 aliphatic carbocycles. The van der Waals surface area contributed by atoms with Gasteiger partial charge in [-0.3, -0.25) is 4.79 Å². The predicted octanol–water partition coefficient (Wildman–Crippen LogP) is 1.20. The molecular weight excluding hydrogens is 280 g/mol. The van der Waals surface area contributed by atoms with E-state index in [4.69, 9.17) is 5.11 Å². The van der Waals surface area contributed by atoms with Gasteiger partial charge in [0.2, 0.25) is 0 Å². The van der Waals surface area contributed by atoms with Gasteiger partial charge in [-0.05, 0) is 31.1 Å². The Balaban J connectivity index is 1.86. The summed E-state index contributed by atoms with van der Waals surface area (Å²) >= 11 is 0. The molecule has 2 aliphatic rings. The number of nitrogens with one attached hydrogen (secondary N) is 1. The number of hydrogen-bond donors (Lipinski definition) is 2. The monoisotopic (exact) mass is 304 g/mol. The summed E-state index contributed by atoms with van der Waals surface area (Å²) in [6.07, 6.45) is 5.26. The molecule has 2 N–H and O–H groups in total. The van der Waals surface area contributed by atoms with Crippen LogP contribution in [-0.2, 0) is 15.0 Å². The minimum absolute atomic E-state index is 0.0758. The number of aliphatic carboxylic acids is 1. The van der Waals surface area contributed by atoms with Gasteiger partial charge in [-0.1, -0.05) is 19.8 Å². The summed E-state index contributed by atoms with van der Waals surface area (Å²) in [5.74, 6) is -1.23. The molecule has 1 saturated heterocycles. The number of piperidine rings is 1. The quantitative estimate of drug-likeness (QED) is 0.799. The van der Waals surface area contributed by atoms with E-state index in [1.807, 2.05) is 0 Å². The van der Waals surface area contributed by atoms with Gasteiger partial charge in [-0.2, -0.15) is 12.7 Å². The van der Waals surface area contributed by atoms with E-state index in [2.05, 4.69) is 11.6 Å². The Morgan fingerprint density at radius 1 is 1.30 bits per heavy atom. The van der Waals surface area contributed by atoms with Gasteiger partial charge in [0.1, 0.15) is 0 Å². The molecule has 1 saturated carbocycles.